The molecular formula is C44H53N3O6. The molecule has 2 aliphatic heterocycles. The van der Waals surface area contributed by atoms with Crippen LogP contribution in [0.15, 0.2) is 103 Å². The number of rotatable bonds is 17. The summed E-state index contributed by atoms with van der Waals surface area (Å²) in [7, 11) is 0. The topological polar surface area (TPSA) is 112 Å². The van der Waals surface area contributed by atoms with Gasteiger partial charge in [0.25, 0.3) is 0 Å². The number of aliphatic carboxylic acids is 1. The third kappa shape index (κ3) is 11.8. The molecule has 0 saturated carbocycles. The van der Waals surface area contributed by atoms with E-state index in [2.05, 4.69) is 87.9 Å². The molecule has 0 bridgehead atoms. The molecule has 3 atom stereocenters. The minimum atomic E-state index is -0.772. The van der Waals surface area contributed by atoms with Crippen molar-refractivity contribution in [3.8, 4) is 11.1 Å². The summed E-state index contributed by atoms with van der Waals surface area (Å²) in [6.07, 6.45) is 3.75. The fraction of sp³-hybridized carbons (Fsp3) is 0.409. The second-order valence-electron chi connectivity index (χ2n) is 14.3. The van der Waals surface area contributed by atoms with Crippen molar-refractivity contribution in [3.63, 3.8) is 0 Å². The number of carbonyl (C=O) groups excluding carboxylic acids is 1. The molecule has 0 radical (unpaired) electrons. The summed E-state index contributed by atoms with van der Waals surface area (Å²) in [5.74, 6) is -0.766. The third-order valence-corrected chi connectivity index (χ3v) is 10.2. The number of aliphatic hydroxyl groups is 1. The maximum Gasteiger partial charge on any atom is 0.303 e. The maximum absolute atomic E-state index is 12.5. The number of piperazine rings is 1. The lowest BCUT2D eigenvalue weighted by atomic mass is 9.98. The first kappa shape index (κ1) is 38.3. The van der Waals surface area contributed by atoms with Crippen molar-refractivity contribution < 1.29 is 29.3 Å². The second-order valence-corrected chi connectivity index (χ2v) is 14.3. The SMILES string of the molecule is O=C(O)CCCCCCC(=O)NCc1cccc(-c2cccc([C@@H]3O[C@H](CN4CCN(Cc5ccccc5)CC4)C[C@H](c4ccc(CO)cc4)O3)c2)c1. The zero-order chi connectivity index (χ0) is 36.8. The van der Waals surface area contributed by atoms with Gasteiger partial charge in [-0.3, -0.25) is 19.4 Å². The van der Waals surface area contributed by atoms with Crippen molar-refractivity contribution in [2.24, 2.45) is 0 Å². The highest BCUT2D eigenvalue weighted by Gasteiger charge is 2.34. The van der Waals surface area contributed by atoms with Gasteiger partial charge in [-0.25, -0.2) is 0 Å². The summed E-state index contributed by atoms with van der Waals surface area (Å²) in [5.41, 5.74) is 7.38. The van der Waals surface area contributed by atoms with Gasteiger partial charge in [0.2, 0.25) is 5.91 Å². The van der Waals surface area contributed by atoms with Gasteiger partial charge in [0.1, 0.15) is 0 Å². The number of carboxylic acids is 1. The minimum absolute atomic E-state index is 0.00593. The molecule has 3 N–H and O–H groups in total. The number of carboxylic acid groups (broad SMARTS) is 1. The Bertz CT molecular complexity index is 1740. The second kappa shape index (κ2) is 19.6. The Morgan fingerprint density at radius 2 is 1.36 bits per heavy atom. The van der Waals surface area contributed by atoms with Crippen LogP contribution in [-0.2, 0) is 38.8 Å². The van der Waals surface area contributed by atoms with E-state index in [1.54, 1.807) is 0 Å². The lowest BCUT2D eigenvalue weighted by Crippen LogP contribution is -2.49. The standard InChI is InChI=1S/C44H53N3O6/c48-32-34-18-20-36(21-19-34)41-28-40(31-47-24-22-46(23-25-47)30-33-10-4-3-5-11-33)52-44(53-41)39-15-9-14-38(27-39)37-13-8-12-35(26-37)29-45-42(49)16-6-1-2-7-17-43(50)51/h3-5,8-15,18-21,26-27,40-41,44,48H,1-2,6-7,16-17,22-25,28-32H2,(H,45,49)(H,50,51)/t40-,41+,44+/m0/s1. The van der Waals surface area contributed by atoms with Gasteiger partial charge in [-0.15, -0.1) is 0 Å². The van der Waals surface area contributed by atoms with Gasteiger partial charge in [-0.2, -0.15) is 0 Å². The Morgan fingerprint density at radius 3 is 2.09 bits per heavy atom. The van der Waals surface area contributed by atoms with Crippen molar-refractivity contribution >= 4 is 11.9 Å². The Kier molecular flexibility index (Phi) is 14.2. The first-order chi connectivity index (χ1) is 25.9. The lowest BCUT2D eigenvalue weighted by Gasteiger charge is -2.41. The van der Waals surface area contributed by atoms with E-state index in [-0.39, 0.29) is 31.1 Å². The molecule has 0 unspecified atom stereocenters. The molecule has 6 rings (SSSR count). The molecule has 0 aromatic heterocycles. The van der Waals surface area contributed by atoms with Crippen LogP contribution in [-0.4, -0.2) is 70.7 Å². The van der Waals surface area contributed by atoms with Crippen LogP contribution in [0, 0.1) is 0 Å². The zero-order valence-corrected chi connectivity index (χ0v) is 30.6. The van der Waals surface area contributed by atoms with Crippen molar-refractivity contribution in [2.75, 3.05) is 32.7 Å². The molecular weight excluding hydrogens is 666 g/mol. The zero-order valence-electron chi connectivity index (χ0n) is 30.6. The molecule has 9 nitrogen and oxygen atoms in total. The molecule has 2 aliphatic rings. The summed E-state index contributed by atoms with van der Waals surface area (Å²) in [5, 5.41) is 21.4. The minimum Gasteiger partial charge on any atom is -0.481 e. The number of hydrogen-bond acceptors (Lipinski definition) is 7. The van der Waals surface area contributed by atoms with Crippen LogP contribution in [0.5, 0.6) is 0 Å². The number of nitrogens with one attached hydrogen (secondary N) is 1. The van der Waals surface area contributed by atoms with E-state index in [4.69, 9.17) is 14.6 Å². The smallest absolute Gasteiger partial charge is 0.303 e. The molecule has 2 heterocycles. The molecule has 2 fully saturated rings. The predicted octanol–water partition coefficient (Wildman–Crippen LogP) is 7.25. The van der Waals surface area contributed by atoms with Gasteiger partial charge in [0.05, 0.1) is 18.8 Å². The Labute approximate surface area is 313 Å². The number of unbranched alkanes of at least 4 members (excludes halogenated alkanes) is 3. The Morgan fingerprint density at radius 1 is 0.679 bits per heavy atom. The number of aliphatic hydroxyl groups excluding tert-OH is 1. The fourth-order valence-corrected chi connectivity index (χ4v) is 7.22. The van der Waals surface area contributed by atoms with Crippen molar-refractivity contribution in [1.82, 2.24) is 15.1 Å². The maximum atomic E-state index is 12.5. The fourth-order valence-electron chi connectivity index (χ4n) is 7.22. The first-order valence-corrected chi connectivity index (χ1v) is 19.1. The number of carbonyl (C=O) groups is 2. The highest BCUT2D eigenvalue weighted by molar-refractivity contribution is 5.76. The van der Waals surface area contributed by atoms with E-state index in [1.165, 1.54) is 5.56 Å². The van der Waals surface area contributed by atoms with Gasteiger partial charge < -0.3 is 25.0 Å². The van der Waals surface area contributed by atoms with Gasteiger partial charge >= 0.3 is 5.97 Å². The van der Waals surface area contributed by atoms with Gasteiger partial charge in [-0.1, -0.05) is 104 Å². The van der Waals surface area contributed by atoms with E-state index in [9.17, 15) is 14.7 Å². The summed E-state index contributed by atoms with van der Waals surface area (Å²) < 4.78 is 13.4. The third-order valence-electron chi connectivity index (χ3n) is 10.2. The lowest BCUT2D eigenvalue weighted by molar-refractivity contribution is -0.253. The van der Waals surface area contributed by atoms with E-state index in [0.29, 0.717) is 19.4 Å². The molecule has 2 saturated heterocycles. The molecule has 4 aromatic carbocycles. The van der Waals surface area contributed by atoms with Crippen LogP contribution in [0.1, 0.15) is 85.2 Å². The first-order valence-electron chi connectivity index (χ1n) is 19.1. The molecule has 4 aromatic rings. The van der Waals surface area contributed by atoms with Crippen molar-refractivity contribution in [2.45, 2.75) is 83.1 Å². The molecule has 280 valence electrons. The molecule has 0 spiro atoms. The van der Waals surface area contributed by atoms with E-state index in [0.717, 1.165) is 98.3 Å². The average Bonchev–Trinajstić information content (AvgIpc) is 3.19. The number of hydrogen-bond donors (Lipinski definition) is 3. The highest BCUT2D eigenvalue weighted by Crippen LogP contribution is 2.39. The number of amides is 1. The molecule has 1 amide bonds. The summed E-state index contributed by atoms with van der Waals surface area (Å²) in [4.78, 5) is 28.2. The largest absolute Gasteiger partial charge is 0.481 e. The molecule has 53 heavy (non-hydrogen) atoms. The van der Waals surface area contributed by atoms with Crippen LogP contribution < -0.4 is 5.32 Å². The van der Waals surface area contributed by atoms with Crippen LogP contribution in [0.4, 0.5) is 0 Å². The average molecular weight is 720 g/mol. The quantitative estimate of drug-likeness (QED) is 0.0980. The van der Waals surface area contributed by atoms with Crippen LogP contribution in [0.25, 0.3) is 11.1 Å². The molecule has 0 aliphatic carbocycles. The van der Waals surface area contributed by atoms with Gasteiger partial charge in [-0.05, 0) is 58.4 Å². The van der Waals surface area contributed by atoms with E-state index < -0.39 is 12.3 Å². The van der Waals surface area contributed by atoms with Crippen molar-refractivity contribution in [1.29, 1.82) is 0 Å². The van der Waals surface area contributed by atoms with Crippen molar-refractivity contribution in [3.05, 3.63) is 131 Å². The number of nitrogens with zero attached hydrogens (tertiary/aromatic N) is 2. The van der Waals surface area contributed by atoms with E-state index >= 15 is 0 Å². The molecule has 9 heteroatoms. The summed E-state index contributed by atoms with van der Waals surface area (Å²) in [6, 6.07) is 35.3. The van der Waals surface area contributed by atoms with E-state index in [1.807, 2.05) is 30.3 Å². The monoisotopic (exact) mass is 719 g/mol. The highest BCUT2D eigenvalue weighted by atomic mass is 16.7. The number of ether oxygens (including phenoxy) is 2. The van der Waals surface area contributed by atoms with Gasteiger partial charge in [0, 0.05) is 70.6 Å². The van der Waals surface area contributed by atoms with Crippen LogP contribution in [0.2, 0.25) is 0 Å². The Hall–Kier alpha value is -4.38. The summed E-state index contributed by atoms with van der Waals surface area (Å²) >= 11 is 0. The van der Waals surface area contributed by atoms with Crippen LogP contribution >= 0.6 is 0 Å². The Balaban J connectivity index is 1.08. The number of benzene rings is 4. The normalized spacial score (nSPS) is 19.5. The van der Waals surface area contributed by atoms with Crippen LogP contribution in [0.3, 0.4) is 0 Å². The summed E-state index contributed by atoms with van der Waals surface area (Å²) in [6.45, 7) is 6.30. The van der Waals surface area contributed by atoms with Gasteiger partial charge in [0.15, 0.2) is 6.29 Å². The predicted molar refractivity (Wildman–Crippen MR) is 206 cm³/mol.